The Bertz CT molecular complexity index is 1110. The van der Waals surface area contributed by atoms with Crippen LogP contribution in [-0.2, 0) is 13.1 Å². The van der Waals surface area contributed by atoms with Crippen LogP contribution >= 0.6 is 11.6 Å². The van der Waals surface area contributed by atoms with Crippen molar-refractivity contribution in [1.29, 1.82) is 0 Å². The Balaban J connectivity index is 1.61. The minimum absolute atomic E-state index is 0.0166. The topological polar surface area (TPSA) is 78.3 Å². The molecule has 144 valence electrons. The normalized spacial score (nSPS) is 13.4. The maximum Gasteiger partial charge on any atom is 0.328 e. The number of nitrogens with one attached hydrogen (secondary N) is 1. The fourth-order valence-electron chi connectivity index (χ4n) is 3.55. The molecule has 7 heteroatoms. The summed E-state index contributed by atoms with van der Waals surface area (Å²) in [5.41, 5.74) is 4.05. The molecule has 1 amide bonds. The molecule has 2 N–H and O–H groups in total. The summed E-state index contributed by atoms with van der Waals surface area (Å²) in [6, 6.07) is 11.7. The maximum absolute atomic E-state index is 12.5. The van der Waals surface area contributed by atoms with Gasteiger partial charge < -0.3 is 10.0 Å². The van der Waals surface area contributed by atoms with Gasteiger partial charge in [0, 0.05) is 12.6 Å². The van der Waals surface area contributed by atoms with E-state index in [1.807, 2.05) is 55.1 Å². The predicted octanol–water partition coefficient (Wildman–Crippen LogP) is 3.61. The van der Waals surface area contributed by atoms with Crippen LogP contribution in [0.4, 0.5) is 0 Å². The predicted molar refractivity (Wildman–Crippen MR) is 108 cm³/mol. The number of aromatic amines is 1. The molecular formula is C21H20ClN3O3. The Morgan fingerprint density at radius 1 is 1.14 bits per heavy atom. The third-order valence-corrected chi connectivity index (χ3v) is 5.32. The number of halogens is 1. The van der Waals surface area contributed by atoms with Crippen molar-refractivity contribution < 1.29 is 9.90 Å². The standard InChI is InChI=1S/C21H20ClN3O3/c1-12(2)25-10-16-7-15(8-17(22)19(16)20(25)27)14-5-3-13(4-6-14)9-24-11-18(26)23-21(24)28/h3-8,11-12,26H,9-10H2,1-2H3,(H,23,28). The van der Waals surface area contributed by atoms with Gasteiger partial charge in [-0.25, -0.2) is 4.79 Å². The number of hydrogen-bond donors (Lipinski definition) is 2. The molecule has 0 saturated carbocycles. The summed E-state index contributed by atoms with van der Waals surface area (Å²) in [4.78, 5) is 28.4. The van der Waals surface area contributed by atoms with Crippen molar-refractivity contribution in [3.05, 3.63) is 74.8 Å². The molecule has 0 aliphatic carbocycles. The molecule has 0 saturated heterocycles. The third-order valence-electron chi connectivity index (χ3n) is 5.02. The van der Waals surface area contributed by atoms with E-state index in [1.165, 1.54) is 10.8 Å². The number of fused-ring (bicyclic) bond motifs is 1. The number of imidazole rings is 1. The Morgan fingerprint density at radius 2 is 1.86 bits per heavy atom. The fourth-order valence-corrected chi connectivity index (χ4v) is 3.87. The number of hydrogen-bond acceptors (Lipinski definition) is 3. The zero-order chi connectivity index (χ0) is 20.0. The van der Waals surface area contributed by atoms with Crippen molar-refractivity contribution in [3.63, 3.8) is 0 Å². The first-order chi connectivity index (χ1) is 13.3. The lowest BCUT2D eigenvalue weighted by Crippen LogP contribution is -2.30. The van der Waals surface area contributed by atoms with E-state index < -0.39 is 0 Å². The van der Waals surface area contributed by atoms with Crippen LogP contribution in [0, 0.1) is 0 Å². The van der Waals surface area contributed by atoms with Gasteiger partial charge in [-0.15, -0.1) is 0 Å². The Labute approximate surface area is 167 Å². The quantitative estimate of drug-likeness (QED) is 0.705. The average Bonchev–Trinajstić information content (AvgIpc) is 3.14. The number of carbonyl (C=O) groups is 1. The molecule has 1 aliphatic heterocycles. The second kappa shape index (κ2) is 6.87. The van der Waals surface area contributed by atoms with Crippen molar-refractivity contribution in [2.24, 2.45) is 0 Å². The van der Waals surface area contributed by atoms with Crippen LogP contribution in [0.3, 0.4) is 0 Å². The zero-order valence-electron chi connectivity index (χ0n) is 15.6. The van der Waals surface area contributed by atoms with Gasteiger partial charge in [-0.3, -0.25) is 14.3 Å². The first kappa shape index (κ1) is 18.4. The summed E-state index contributed by atoms with van der Waals surface area (Å²) in [5, 5.41) is 9.83. The number of benzene rings is 2. The van der Waals surface area contributed by atoms with Crippen LogP contribution in [0.25, 0.3) is 11.1 Å². The van der Waals surface area contributed by atoms with E-state index in [0.717, 1.165) is 22.3 Å². The number of carbonyl (C=O) groups excluding carboxylic acids is 1. The van der Waals surface area contributed by atoms with Crippen molar-refractivity contribution >= 4 is 17.5 Å². The minimum atomic E-state index is -0.355. The molecule has 0 atom stereocenters. The summed E-state index contributed by atoms with van der Waals surface area (Å²) < 4.78 is 1.41. The van der Waals surface area contributed by atoms with Crippen molar-refractivity contribution in [1.82, 2.24) is 14.5 Å². The summed E-state index contributed by atoms with van der Waals surface area (Å²) in [5.74, 6) is -0.170. The molecule has 2 aromatic carbocycles. The highest BCUT2D eigenvalue weighted by molar-refractivity contribution is 6.34. The van der Waals surface area contributed by atoms with E-state index in [4.69, 9.17) is 11.6 Å². The molecular weight excluding hydrogens is 378 g/mol. The number of amides is 1. The molecule has 1 aromatic heterocycles. The largest absolute Gasteiger partial charge is 0.493 e. The highest BCUT2D eigenvalue weighted by Gasteiger charge is 2.31. The minimum Gasteiger partial charge on any atom is -0.493 e. The van der Waals surface area contributed by atoms with Gasteiger partial charge in [0.25, 0.3) is 5.91 Å². The number of rotatable bonds is 4. The number of aromatic hydroxyl groups is 1. The lowest BCUT2D eigenvalue weighted by atomic mass is 9.99. The zero-order valence-corrected chi connectivity index (χ0v) is 16.3. The summed E-state index contributed by atoms with van der Waals surface area (Å²) in [6.07, 6.45) is 1.37. The van der Waals surface area contributed by atoms with Gasteiger partial charge in [0.15, 0.2) is 0 Å². The molecule has 0 spiro atoms. The first-order valence-electron chi connectivity index (χ1n) is 9.04. The highest BCUT2D eigenvalue weighted by atomic mass is 35.5. The van der Waals surface area contributed by atoms with E-state index in [1.54, 1.807) is 0 Å². The second-order valence-corrected chi connectivity index (χ2v) is 7.70. The van der Waals surface area contributed by atoms with Gasteiger partial charge in [0.05, 0.1) is 23.3 Å². The van der Waals surface area contributed by atoms with E-state index in [9.17, 15) is 14.7 Å². The summed E-state index contributed by atoms with van der Waals surface area (Å²) in [7, 11) is 0. The molecule has 0 radical (unpaired) electrons. The van der Waals surface area contributed by atoms with Crippen LogP contribution in [0.5, 0.6) is 5.88 Å². The third kappa shape index (κ3) is 3.20. The number of aromatic nitrogens is 2. The lowest BCUT2D eigenvalue weighted by Gasteiger charge is -2.19. The molecule has 6 nitrogen and oxygen atoms in total. The monoisotopic (exact) mass is 397 g/mol. The van der Waals surface area contributed by atoms with E-state index in [2.05, 4.69) is 4.98 Å². The fraction of sp³-hybridized carbons (Fsp3) is 0.238. The summed E-state index contributed by atoms with van der Waals surface area (Å²) >= 11 is 6.44. The smallest absolute Gasteiger partial charge is 0.328 e. The van der Waals surface area contributed by atoms with Gasteiger partial charge in [-0.2, -0.15) is 0 Å². The Morgan fingerprint density at radius 3 is 2.46 bits per heavy atom. The SMILES string of the molecule is CC(C)N1Cc2cc(-c3ccc(Cn4cc(O)[nH]c4=O)cc3)cc(Cl)c2C1=O. The van der Waals surface area contributed by atoms with E-state index in [-0.39, 0.29) is 23.5 Å². The second-order valence-electron chi connectivity index (χ2n) is 7.29. The van der Waals surface area contributed by atoms with Gasteiger partial charge >= 0.3 is 5.69 Å². The Hall–Kier alpha value is -2.99. The van der Waals surface area contributed by atoms with Crippen LogP contribution in [0.15, 0.2) is 47.4 Å². The number of nitrogens with zero attached hydrogens (tertiary/aromatic N) is 2. The molecule has 0 bridgehead atoms. The van der Waals surface area contributed by atoms with E-state index >= 15 is 0 Å². The molecule has 2 heterocycles. The van der Waals surface area contributed by atoms with Gasteiger partial charge in [-0.05, 0) is 48.2 Å². The van der Waals surface area contributed by atoms with Crippen LogP contribution in [0.2, 0.25) is 5.02 Å². The molecule has 3 aromatic rings. The van der Waals surface area contributed by atoms with Crippen LogP contribution in [-0.4, -0.2) is 31.5 Å². The molecule has 0 unspecified atom stereocenters. The Kier molecular flexibility index (Phi) is 4.51. The van der Waals surface area contributed by atoms with E-state index in [0.29, 0.717) is 23.7 Å². The molecule has 4 rings (SSSR count). The lowest BCUT2D eigenvalue weighted by molar-refractivity contribution is 0.0731. The van der Waals surface area contributed by atoms with Crippen molar-refractivity contribution in [3.8, 4) is 17.0 Å². The molecule has 1 aliphatic rings. The molecule has 28 heavy (non-hydrogen) atoms. The van der Waals surface area contributed by atoms with Gasteiger partial charge in [-0.1, -0.05) is 35.9 Å². The van der Waals surface area contributed by atoms with Crippen LogP contribution < -0.4 is 5.69 Å². The van der Waals surface area contributed by atoms with Gasteiger partial charge in [0.1, 0.15) is 0 Å². The van der Waals surface area contributed by atoms with Crippen molar-refractivity contribution in [2.75, 3.05) is 0 Å². The highest BCUT2D eigenvalue weighted by Crippen LogP contribution is 2.35. The average molecular weight is 398 g/mol. The van der Waals surface area contributed by atoms with Crippen LogP contribution in [0.1, 0.15) is 35.3 Å². The van der Waals surface area contributed by atoms with Crippen molar-refractivity contribution in [2.45, 2.75) is 33.0 Å². The maximum atomic E-state index is 12.5. The molecule has 0 fully saturated rings. The number of H-pyrrole nitrogens is 1. The summed E-state index contributed by atoms with van der Waals surface area (Å²) in [6.45, 7) is 4.91. The first-order valence-corrected chi connectivity index (χ1v) is 9.42. The van der Waals surface area contributed by atoms with Gasteiger partial charge in [0.2, 0.25) is 5.88 Å².